The molecule has 132 valence electrons. The molecule has 0 spiro atoms. The molecule has 0 aromatic carbocycles. The van der Waals surface area contributed by atoms with Gasteiger partial charge in [0.25, 0.3) is 0 Å². The van der Waals surface area contributed by atoms with Crippen molar-refractivity contribution in [1.82, 2.24) is 9.88 Å². The molecule has 2 N–H and O–H groups in total. The zero-order chi connectivity index (χ0) is 17.7. The van der Waals surface area contributed by atoms with Crippen molar-refractivity contribution < 1.29 is 24.2 Å². The highest BCUT2D eigenvalue weighted by atomic mass is 19.1. The molecule has 1 aliphatic rings. The molecule has 24 heavy (non-hydrogen) atoms. The third kappa shape index (κ3) is 4.89. The number of amides is 1. The fraction of sp³-hybridized carbons (Fsp3) is 0.562. The van der Waals surface area contributed by atoms with Crippen molar-refractivity contribution in [2.75, 3.05) is 31.6 Å². The standard InChI is InChI=1S/C16H22FN3O4/c1-19(14(21)5-6-15(22)23)10-16(24)7-2-8-20(11-16)13-4-3-12(17)9-18-13/h3-4,9,24H,2,5-8,10-11H2,1H3,(H,22,23)/t16-/m1/s1. The second-order valence-corrected chi connectivity index (χ2v) is 6.23. The van der Waals surface area contributed by atoms with Gasteiger partial charge in [0, 0.05) is 26.6 Å². The highest BCUT2D eigenvalue weighted by molar-refractivity contribution is 5.80. The van der Waals surface area contributed by atoms with E-state index in [2.05, 4.69) is 4.98 Å². The van der Waals surface area contributed by atoms with Gasteiger partial charge in [-0.25, -0.2) is 9.37 Å². The third-order valence-electron chi connectivity index (χ3n) is 4.10. The summed E-state index contributed by atoms with van der Waals surface area (Å²) in [6.45, 7) is 1.09. The smallest absolute Gasteiger partial charge is 0.303 e. The van der Waals surface area contributed by atoms with Gasteiger partial charge in [0.05, 0.1) is 24.8 Å². The van der Waals surface area contributed by atoms with Crippen LogP contribution in [0.4, 0.5) is 10.2 Å². The van der Waals surface area contributed by atoms with Crippen molar-refractivity contribution in [1.29, 1.82) is 0 Å². The number of carbonyl (C=O) groups excluding carboxylic acids is 1. The lowest BCUT2D eigenvalue weighted by Crippen LogP contribution is -2.54. The molecule has 8 heteroatoms. The van der Waals surface area contributed by atoms with Gasteiger partial charge in [-0.3, -0.25) is 9.59 Å². The Morgan fingerprint density at radius 2 is 2.17 bits per heavy atom. The molecule has 0 bridgehead atoms. The summed E-state index contributed by atoms with van der Waals surface area (Å²) >= 11 is 0. The maximum Gasteiger partial charge on any atom is 0.303 e. The Labute approximate surface area is 139 Å². The number of aliphatic hydroxyl groups is 1. The summed E-state index contributed by atoms with van der Waals surface area (Å²) in [5.74, 6) is -1.19. The van der Waals surface area contributed by atoms with Crippen LogP contribution in [0.5, 0.6) is 0 Å². The van der Waals surface area contributed by atoms with Gasteiger partial charge in [-0.15, -0.1) is 0 Å². The van der Waals surface area contributed by atoms with E-state index in [1.807, 2.05) is 4.90 Å². The van der Waals surface area contributed by atoms with Crippen LogP contribution in [0.2, 0.25) is 0 Å². The number of aliphatic carboxylic acids is 1. The molecule has 2 heterocycles. The van der Waals surface area contributed by atoms with Gasteiger partial charge < -0.3 is 20.0 Å². The molecule has 0 saturated carbocycles. The number of pyridine rings is 1. The van der Waals surface area contributed by atoms with Gasteiger partial charge in [0.2, 0.25) is 5.91 Å². The van der Waals surface area contributed by atoms with Crippen molar-refractivity contribution in [3.8, 4) is 0 Å². The molecule has 1 saturated heterocycles. The average Bonchev–Trinajstić information content (AvgIpc) is 2.52. The summed E-state index contributed by atoms with van der Waals surface area (Å²) in [7, 11) is 1.55. The number of piperidine rings is 1. The normalized spacial score (nSPS) is 20.7. The topological polar surface area (TPSA) is 94.0 Å². The number of aromatic nitrogens is 1. The lowest BCUT2D eigenvalue weighted by molar-refractivity contribution is -0.141. The maximum atomic E-state index is 13.0. The Bertz CT molecular complexity index is 595. The lowest BCUT2D eigenvalue weighted by Gasteiger charge is -2.41. The van der Waals surface area contributed by atoms with Crippen LogP contribution in [-0.4, -0.2) is 64.3 Å². The minimum atomic E-state index is -1.11. The van der Waals surface area contributed by atoms with Crippen LogP contribution < -0.4 is 4.90 Å². The van der Waals surface area contributed by atoms with E-state index in [0.717, 1.165) is 6.20 Å². The summed E-state index contributed by atoms with van der Waals surface area (Å²) < 4.78 is 13.0. The average molecular weight is 339 g/mol. The molecule has 7 nitrogen and oxygen atoms in total. The molecule has 0 radical (unpaired) electrons. The first-order valence-corrected chi connectivity index (χ1v) is 7.84. The van der Waals surface area contributed by atoms with Crippen LogP contribution >= 0.6 is 0 Å². The lowest BCUT2D eigenvalue weighted by atomic mass is 9.92. The van der Waals surface area contributed by atoms with Crippen molar-refractivity contribution in [2.24, 2.45) is 0 Å². The number of β-amino-alcohol motifs (C(OH)–C–C–N with tert-alkyl or cyclic N) is 1. The molecular weight excluding hydrogens is 317 g/mol. The highest BCUT2D eigenvalue weighted by Gasteiger charge is 2.35. The van der Waals surface area contributed by atoms with Crippen LogP contribution in [-0.2, 0) is 9.59 Å². The van der Waals surface area contributed by atoms with Crippen LogP contribution in [0.3, 0.4) is 0 Å². The SMILES string of the molecule is CN(C[C@]1(O)CCCN(c2ccc(F)cn2)C1)C(=O)CCC(=O)O. The van der Waals surface area contributed by atoms with Crippen LogP contribution in [0.1, 0.15) is 25.7 Å². The fourth-order valence-corrected chi connectivity index (χ4v) is 2.93. The first-order valence-electron chi connectivity index (χ1n) is 7.84. The van der Waals surface area contributed by atoms with Gasteiger partial charge >= 0.3 is 5.97 Å². The predicted molar refractivity (Wildman–Crippen MR) is 85.1 cm³/mol. The number of hydrogen-bond acceptors (Lipinski definition) is 5. The molecule has 1 atom stereocenters. The fourth-order valence-electron chi connectivity index (χ4n) is 2.93. The molecule has 1 aliphatic heterocycles. The Kier molecular flexibility index (Phi) is 5.71. The Morgan fingerprint density at radius 1 is 1.42 bits per heavy atom. The van der Waals surface area contributed by atoms with Crippen LogP contribution in [0.25, 0.3) is 0 Å². The number of halogens is 1. The second kappa shape index (κ2) is 7.57. The van der Waals surface area contributed by atoms with Gasteiger partial charge in [-0.2, -0.15) is 0 Å². The minimum Gasteiger partial charge on any atom is -0.481 e. The van der Waals surface area contributed by atoms with Crippen molar-refractivity contribution in [3.05, 3.63) is 24.1 Å². The maximum absolute atomic E-state index is 13.0. The number of carboxylic acid groups (broad SMARTS) is 1. The van der Waals surface area contributed by atoms with Crippen molar-refractivity contribution >= 4 is 17.7 Å². The number of nitrogens with zero attached hydrogens (tertiary/aromatic N) is 3. The van der Waals surface area contributed by atoms with E-state index in [1.54, 1.807) is 13.1 Å². The largest absolute Gasteiger partial charge is 0.481 e. The molecule has 1 fully saturated rings. The summed E-state index contributed by atoms with van der Waals surface area (Å²) in [5.41, 5.74) is -1.11. The third-order valence-corrected chi connectivity index (χ3v) is 4.10. The number of hydrogen-bond donors (Lipinski definition) is 2. The van der Waals surface area contributed by atoms with Crippen LogP contribution in [0, 0.1) is 5.82 Å². The van der Waals surface area contributed by atoms with E-state index < -0.39 is 17.4 Å². The molecule has 0 aliphatic carbocycles. The number of likely N-dealkylation sites (N-methyl/N-ethyl adjacent to an activating group) is 1. The molecule has 0 unspecified atom stereocenters. The zero-order valence-electron chi connectivity index (χ0n) is 13.6. The molecular formula is C16H22FN3O4. The first kappa shape index (κ1) is 18.1. The van der Waals surface area contributed by atoms with Gasteiger partial charge in [-0.1, -0.05) is 0 Å². The van der Waals surface area contributed by atoms with Crippen molar-refractivity contribution in [3.63, 3.8) is 0 Å². The number of rotatable bonds is 6. The summed E-state index contributed by atoms with van der Waals surface area (Å²) in [6.07, 6.45) is 2.05. The molecule has 1 amide bonds. The number of carbonyl (C=O) groups is 2. The predicted octanol–water partition coefficient (Wildman–Crippen LogP) is 0.875. The monoisotopic (exact) mass is 339 g/mol. The molecule has 2 rings (SSSR count). The molecule has 1 aromatic heterocycles. The first-order chi connectivity index (χ1) is 11.3. The zero-order valence-corrected chi connectivity index (χ0v) is 13.6. The van der Waals surface area contributed by atoms with E-state index in [0.29, 0.717) is 25.2 Å². The van der Waals surface area contributed by atoms with Gasteiger partial charge in [0.15, 0.2) is 0 Å². The van der Waals surface area contributed by atoms with E-state index in [-0.39, 0.29) is 31.8 Å². The van der Waals surface area contributed by atoms with Gasteiger partial charge in [-0.05, 0) is 25.0 Å². The Morgan fingerprint density at radius 3 is 2.79 bits per heavy atom. The molecule has 1 aromatic rings. The van der Waals surface area contributed by atoms with E-state index in [1.165, 1.54) is 11.0 Å². The second-order valence-electron chi connectivity index (χ2n) is 6.23. The van der Waals surface area contributed by atoms with E-state index >= 15 is 0 Å². The quantitative estimate of drug-likeness (QED) is 0.799. The van der Waals surface area contributed by atoms with Crippen molar-refractivity contribution in [2.45, 2.75) is 31.3 Å². The summed E-state index contributed by atoms with van der Waals surface area (Å²) in [6, 6.07) is 2.88. The summed E-state index contributed by atoms with van der Waals surface area (Å²) in [5, 5.41) is 19.4. The number of anilines is 1. The van der Waals surface area contributed by atoms with Gasteiger partial charge in [0.1, 0.15) is 11.6 Å². The van der Waals surface area contributed by atoms with E-state index in [9.17, 15) is 19.1 Å². The number of carboxylic acids is 1. The Hall–Kier alpha value is -2.22. The minimum absolute atomic E-state index is 0.0921. The summed E-state index contributed by atoms with van der Waals surface area (Å²) in [4.78, 5) is 29.7. The Balaban J connectivity index is 1.97. The van der Waals surface area contributed by atoms with E-state index in [4.69, 9.17) is 5.11 Å². The van der Waals surface area contributed by atoms with Crippen LogP contribution in [0.15, 0.2) is 18.3 Å². The highest BCUT2D eigenvalue weighted by Crippen LogP contribution is 2.25.